The molecular formula is C33H46N4O4. The third-order valence-corrected chi connectivity index (χ3v) is 10.6. The zero-order valence-corrected chi connectivity index (χ0v) is 25.0. The normalized spacial score (nSPS) is 36.4. The van der Waals surface area contributed by atoms with Crippen molar-refractivity contribution in [2.24, 2.45) is 23.7 Å². The average molecular weight is 563 g/mol. The van der Waals surface area contributed by atoms with E-state index in [1.54, 1.807) is 4.90 Å². The van der Waals surface area contributed by atoms with Crippen LogP contribution in [0.15, 0.2) is 30.4 Å². The molecule has 2 N–H and O–H groups in total. The Hall–Kier alpha value is -2.71. The smallest absolute Gasteiger partial charge is 0.246 e. The molecule has 1 aliphatic carbocycles. The van der Waals surface area contributed by atoms with E-state index >= 15 is 0 Å². The molecular weight excluding hydrogens is 516 g/mol. The number of rotatable bonds is 7. The van der Waals surface area contributed by atoms with E-state index in [4.69, 9.17) is 4.74 Å². The molecule has 1 saturated carbocycles. The van der Waals surface area contributed by atoms with Crippen molar-refractivity contribution in [3.8, 4) is 0 Å². The van der Waals surface area contributed by atoms with Gasteiger partial charge < -0.3 is 25.2 Å². The van der Waals surface area contributed by atoms with Crippen LogP contribution in [0.5, 0.6) is 0 Å². The van der Waals surface area contributed by atoms with Crippen molar-refractivity contribution in [2.45, 2.75) is 90.0 Å². The monoisotopic (exact) mass is 562 g/mol. The molecule has 8 atom stereocenters. The lowest BCUT2D eigenvalue weighted by atomic mass is 9.73. The first-order valence-corrected chi connectivity index (χ1v) is 15.8. The van der Waals surface area contributed by atoms with Crippen LogP contribution in [0.3, 0.4) is 0 Å². The van der Waals surface area contributed by atoms with Gasteiger partial charge in [-0.2, -0.15) is 0 Å². The molecule has 5 aliphatic rings. The molecule has 8 nitrogen and oxygen atoms in total. The van der Waals surface area contributed by atoms with Crippen LogP contribution in [0.1, 0.15) is 63.5 Å². The van der Waals surface area contributed by atoms with E-state index in [0.29, 0.717) is 18.4 Å². The number of likely N-dealkylation sites (tertiary alicyclic amines) is 2. The molecule has 4 heterocycles. The van der Waals surface area contributed by atoms with Gasteiger partial charge in [0, 0.05) is 24.8 Å². The second-order valence-corrected chi connectivity index (χ2v) is 13.4. The highest BCUT2D eigenvalue weighted by Gasteiger charge is 2.72. The van der Waals surface area contributed by atoms with Crippen LogP contribution in [-0.2, 0) is 19.1 Å². The van der Waals surface area contributed by atoms with E-state index in [1.165, 1.54) is 12.8 Å². The molecule has 4 aliphatic heterocycles. The first-order chi connectivity index (χ1) is 19.7. The SMILES string of the molecule is Cc1cc(C)cc(NC(=O)[C@@H]2[C@@H]3C=C[C@]4(O3)[C@@H]2C(=O)N(CCN2CCCCC2)[C@H]4C(=O)N[C@@H]2CCC[C@H](C)[C@H]2C)c1. The number of anilines is 1. The minimum absolute atomic E-state index is 0.0759. The van der Waals surface area contributed by atoms with Gasteiger partial charge in [0.05, 0.1) is 17.9 Å². The molecule has 6 rings (SSSR count). The van der Waals surface area contributed by atoms with Gasteiger partial charge in [-0.25, -0.2) is 0 Å². The average Bonchev–Trinajstić information content (AvgIpc) is 3.57. The molecule has 4 fully saturated rings. The van der Waals surface area contributed by atoms with Crippen LogP contribution in [-0.4, -0.2) is 77.5 Å². The second-order valence-electron chi connectivity index (χ2n) is 13.4. The van der Waals surface area contributed by atoms with E-state index < -0.39 is 29.6 Å². The number of hydrogen-bond donors (Lipinski definition) is 2. The molecule has 0 radical (unpaired) electrons. The molecule has 1 aromatic carbocycles. The van der Waals surface area contributed by atoms with Crippen LogP contribution in [0, 0.1) is 37.5 Å². The molecule has 0 aromatic heterocycles. The summed E-state index contributed by atoms with van der Waals surface area (Å²) in [6, 6.07) is 5.23. The van der Waals surface area contributed by atoms with Crippen LogP contribution >= 0.6 is 0 Å². The summed E-state index contributed by atoms with van der Waals surface area (Å²) in [6.45, 7) is 11.7. The first kappa shape index (κ1) is 28.4. The van der Waals surface area contributed by atoms with Crippen LogP contribution in [0.25, 0.3) is 0 Å². The standard InChI is InChI=1S/C33H46N4O4/c1-20-17-21(2)19-24(18-20)34-30(38)27-26-11-12-33(41-26)28(27)32(40)37(16-15-36-13-6-5-7-14-36)29(33)31(39)35-25-10-8-9-22(3)23(25)4/h11-12,17-19,22-23,25-29H,5-10,13-16H2,1-4H3,(H,34,38)(H,35,39)/t22-,23+,25+,26-,27+,28-,29-,33-/m0/s1. The summed E-state index contributed by atoms with van der Waals surface area (Å²) in [7, 11) is 0. The quantitative estimate of drug-likeness (QED) is 0.493. The Bertz CT molecular complexity index is 1210. The topological polar surface area (TPSA) is 91.0 Å². The van der Waals surface area contributed by atoms with Crippen LogP contribution in [0.4, 0.5) is 5.69 Å². The Morgan fingerprint density at radius 3 is 2.44 bits per heavy atom. The van der Waals surface area contributed by atoms with E-state index in [0.717, 1.165) is 62.1 Å². The third-order valence-electron chi connectivity index (χ3n) is 10.6. The van der Waals surface area contributed by atoms with Crippen LogP contribution < -0.4 is 10.6 Å². The Balaban J connectivity index is 1.28. The van der Waals surface area contributed by atoms with Gasteiger partial charge in [-0.05, 0) is 81.3 Å². The highest BCUT2D eigenvalue weighted by Crippen LogP contribution is 2.55. The van der Waals surface area contributed by atoms with Crippen molar-refractivity contribution in [3.05, 3.63) is 41.5 Å². The van der Waals surface area contributed by atoms with Crippen molar-refractivity contribution in [1.82, 2.24) is 15.1 Å². The number of carbonyl (C=O) groups excluding carboxylic acids is 3. The lowest BCUT2D eigenvalue weighted by molar-refractivity contribution is -0.142. The molecule has 222 valence electrons. The minimum Gasteiger partial charge on any atom is -0.359 e. The summed E-state index contributed by atoms with van der Waals surface area (Å²) in [4.78, 5) is 46.4. The molecule has 3 amide bonds. The van der Waals surface area contributed by atoms with Gasteiger partial charge in [0.25, 0.3) is 0 Å². The summed E-state index contributed by atoms with van der Waals surface area (Å²) < 4.78 is 6.56. The lowest BCUT2D eigenvalue weighted by Crippen LogP contribution is -2.58. The van der Waals surface area contributed by atoms with Gasteiger partial charge in [-0.3, -0.25) is 14.4 Å². The summed E-state index contributed by atoms with van der Waals surface area (Å²) in [5.74, 6) is -1.01. The van der Waals surface area contributed by atoms with E-state index in [9.17, 15) is 14.4 Å². The zero-order chi connectivity index (χ0) is 28.9. The fourth-order valence-electron chi connectivity index (χ4n) is 8.26. The fraction of sp³-hybridized carbons (Fsp3) is 0.667. The largest absolute Gasteiger partial charge is 0.359 e. The molecule has 8 heteroatoms. The number of benzene rings is 1. The van der Waals surface area contributed by atoms with Gasteiger partial charge in [-0.15, -0.1) is 0 Å². The molecule has 3 saturated heterocycles. The van der Waals surface area contributed by atoms with Gasteiger partial charge in [0.2, 0.25) is 17.7 Å². The van der Waals surface area contributed by atoms with Gasteiger partial charge in [0.1, 0.15) is 11.6 Å². The Morgan fingerprint density at radius 2 is 1.71 bits per heavy atom. The maximum Gasteiger partial charge on any atom is 0.246 e. The number of hydrogen-bond acceptors (Lipinski definition) is 5. The minimum atomic E-state index is -1.12. The van der Waals surface area contributed by atoms with E-state index in [1.807, 2.05) is 38.1 Å². The van der Waals surface area contributed by atoms with Gasteiger partial charge in [-0.1, -0.05) is 51.3 Å². The molecule has 1 spiro atoms. The Kier molecular flexibility index (Phi) is 7.74. The lowest BCUT2D eigenvalue weighted by Gasteiger charge is -2.38. The molecule has 1 aromatic rings. The first-order valence-electron chi connectivity index (χ1n) is 15.8. The fourth-order valence-corrected chi connectivity index (χ4v) is 8.26. The number of nitrogens with one attached hydrogen (secondary N) is 2. The van der Waals surface area contributed by atoms with Gasteiger partial charge in [0.15, 0.2) is 0 Å². The molecule has 41 heavy (non-hydrogen) atoms. The second kappa shape index (κ2) is 11.2. The highest BCUT2D eigenvalue weighted by molar-refractivity contribution is 6.02. The maximum absolute atomic E-state index is 14.3. The summed E-state index contributed by atoms with van der Waals surface area (Å²) in [5.41, 5.74) is 1.71. The summed E-state index contributed by atoms with van der Waals surface area (Å²) >= 11 is 0. The van der Waals surface area contributed by atoms with Crippen molar-refractivity contribution in [1.29, 1.82) is 0 Å². The Morgan fingerprint density at radius 1 is 0.976 bits per heavy atom. The predicted molar refractivity (Wildman–Crippen MR) is 158 cm³/mol. The van der Waals surface area contributed by atoms with E-state index in [-0.39, 0.29) is 23.8 Å². The van der Waals surface area contributed by atoms with Crippen LogP contribution in [0.2, 0.25) is 0 Å². The number of amides is 3. The number of fused-ring (bicyclic) bond motifs is 1. The summed E-state index contributed by atoms with van der Waals surface area (Å²) in [6.07, 6.45) is 10.1. The van der Waals surface area contributed by atoms with Crippen molar-refractivity contribution < 1.29 is 19.1 Å². The van der Waals surface area contributed by atoms with Gasteiger partial charge >= 0.3 is 0 Å². The number of piperidine rings is 1. The third kappa shape index (κ3) is 5.11. The maximum atomic E-state index is 14.3. The van der Waals surface area contributed by atoms with Crippen molar-refractivity contribution in [2.75, 3.05) is 31.5 Å². The van der Waals surface area contributed by atoms with Crippen molar-refractivity contribution in [3.63, 3.8) is 0 Å². The number of carbonyl (C=O) groups is 3. The Labute approximate surface area is 244 Å². The van der Waals surface area contributed by atoms with Crippen molar-refractivity contribution >= 4 is 23.4 Å². The zero-order valence-electron chi connectivity index (χ0n) is 25.0. The molecule has 2 bridgehead atoms. The highest BCUT2D eigenvalue weighted by atomic mass is 16.5. The molecule has 0 unspecified atom stereocenters. The number of ether oxygens (including phenoxy) is 1. The predicted octanol–water partition coefficient (Wildman–Crippen LogP) is 3.82. The summed E-state index contributed by atoms with van der Waals surface area (Å²) in [5, 5.41) is 6.42. The number of aryl methyl sites for hydroxylation is 2. The number of nitrogens with zero attached hydrogens (tertiary/aromatic N) is 2. The van der Waals surface area contributed by atoms with E-state index in [2.05, 4.69) is 35.4 Å².